The fourth-order valence-electron chi connectivity index (χ4n) is 2.65. The van der Waals surface area contributed by atoms with Gasteiger partial charge < -0.3 is 16.0 Å². The Balaban J connectivity index is 1.44. The number of aromatic nitrogens is 1. The van der Waals surface area contributed by atoms with E-state index in [0.717, 1.165) is 11.3 Å². The van der Waals surface area contributed by atoms with E-state index in [2.05, 4.69) is 20.9 Å². The highest BCUT2D eigenvalue weighted by Crippen LogP contribution is 2.17. The van der Waals surface area contributed by atoms with Crippen molar-refractivity contribution in [2.24, 2.45) is 0 Å². The van der Waals surface area contributed by atoms with Gasteiger partial charge in [-0.3, -0.25) is 19.4 Å². The lowest BCUT2D eigenvalue weighted by Gasteiger charge is -2.09. The Bertz CT molecular complexity index is 1060. The van der Waals surface area contributed by atoms with Crippen molar-refractivity contribution in [2.45, 2.75) is 6.92 Å². The summed E-state index contributed by atoms with van der Waals surface area (Å²) in [7, 11) is 0. The first-order chi connectivity index (χ1) is 15.0. The predicted molar refractivity (Wildman–Crippen MR) is 124 cm³/mol. The third-order valence-corrected chi connectivity index (χ3v) is 5.08. The standard InChI is InChI=1S/C23H22N4O3S/c1-16-5-7-18(8-6-16)25-21(28)14-31-15-22(29)26-19-3-2-4-20(13-19)27-23(30)17-9-11-24-12-10-17/h2-13H,14-15H2,1H3,(H,25,28)(H,26,29)(H,27,30). The minimum Gasteiger partial charge on any atom is -0.325 e. The zero-order valence-electron chi connectivity index (χ0n) is 16.9. The van der Waals surface area contributed by atoms with Crippen LogP contribution in [0.2, 0.25) is 0 Å². The molecule has 2 aromatic carbocycles. The Kier molecular flexibility index (Phi) is 7.78. The van der Waals surface area contributed by atoms with Crippen molar-refractivity contribution >= 4 is 46.5 Å². The third-order valence-electron chi connectivity index (χ3n) is 4.15. The molecule has 7 nitrogen and oxygen atoms in total. The van der Waals surface area contributed by atoms with Crippen LogP contribution in [0.1, 0.15) is 15.9 Å². The first kappa shape index (κ1) is 22.0. The van der Waals surface area contributed by atoms with Gasteiger partial charge in [0.1, 0.15) is 0 Å². The number of anilines is 3. The van der Waals surface area contributed by atoms with Crippen molar-refractivity contribution < 1.29 is 14.4 Å². The number of benzene rings is 2. The maximum atomic E-state index is 12.2. The molecule has 158 valence electrons. The second kappa shape index (κ2) is 10.9. The number of nitrogens with zero attached hydrogens (tertiary/aromatic N) is 1. The van der Waals surface area contributed by atoms with Crippen LogP contribution in [0.5, 0.6) is 0 Å². The zero-order chi connectivity index (χ0) is 22.1. The van der Waals surface area contributed by atoms with Gasteiger partial charge in [0.25, 0.3) is 5.91 Å². The summed E-state index contributed by atoms with van der Waals surface area (Å²) in [5, 5.41) is 8.35. The van der Waals surface area contributed by atoms with Gasteiger partial charge in [-0.25, -0.2) is 0 Å². The molecule has 3 N–H and O–H groups in total. The molecule has 8 heteroatoms. The number of hydrogen-bond donors (Lipinski definition) is 3. The monoisotopic (exact) mass is 434 g/mol. The van der Waals surface area contributed by atoms with Crippen molar-refractivity contribution in [1.29, 1.82) is 0 Å². The minimum absolute atomic E-state index is 0.134. The maximum absolute atomic E-state index is 12.2. The van der Waals surface area contributed by atoms with Crippen LogP contribution in [0.4, 0.5) is 17.1 Å². The Morgan fingerprint density at radius 1 is 0.774 bits per heavy atom. The van der Waals surface area contributed by atoms with Crippen molar-refractivity contribution in [3.8, 4) is 0 Å². The SMILES string of the molecule is Cc1ccc(NC(=O)CSCC(=O)Nc2cccc(NC(=O)c3ccncc3)c2)cc1. The number of carbonyl (C=O) groups excluding carboxylic acids is 3. The van der Waals surface area contributed by atoms with Crippen molar-refractivity contribution in [3.05, 3.63) is 84.2 Å². The van der Waals surface area contributed by atoms with Crippen LogP contribution in [0.3, 0.4) is 0 Å². The van der Waals surface area contributed by atoms with Crippen LogP contribution >= 0.6 is 11.8 Å². The van der Waals surface area contributed by atoms with Gasteiger partial charge in [-0.05, 0) is 49.4 Å². The Hall–Kier alpha value is -3.65. The normalized spacial score (nSPS) is 10.2. The lowest BCUT2D eigenvalue weighted by Crippen LogP contribution is -2.18. The highest BCUT2D eigenvalue weighted by molar-refractivity contribution is 8.00. The molecule has 0 aliphatic carbocycles. The fourth-order valence-corrected chi connectivity index (χ4v) is 3.27. The molecule has 31 heavy (non-hydrogen) atoms. The molecule has 0 aliphatic rings. The van der Waals surface area contributed by atoms with Gasteiger partial charge in [0.15, 0.2) is 0 Å². The molecule has 3 rings (SSSR count). The lowest BCUT2D eigenvalue weighted by molar-refractivity contribution is -0.114. The first-order valence-electron chi connectivity index (χ1n) is 9.55. The summed E-state index contributed by atoms with van der Waals surface area (Å²) in [6, 6.07) is 17.6. The van der Waals surface area contributed by atoms with Gasteiger partial charge in [0.05, 0.1) is 11.5 Å². The largest absolute Gasteiger partial charge is 0.325 e. The summed E-state index contributed by atoms with van der Waals surface area (Å²) in [5.41, 5.74) is 3.45. The second-order valence-electron chi connectivity index (χ2n) is 6.73. The number of thioether (sulfide) groups is 1. The van der Waals surface area contributed by atoms with Crippen molar-refractivity contribution in [2.75, 3.05) is 27.5 Å². The number of carbonyl (C=O) groups is 3. The summed E-state index contributed by atoms with van der Waals surface area (Å²) < 4.78 is 0. The molecule has 0 bridgehead atoms. The highest BCUT2D eigenvalue weighted by Gasteiger charge is 2.09. The summed E-state index contributed by atoms with van der Waals surface area (Å²) in [6.07, 6.45) is 3.09. The zero-order valence-corrected chi connectivity index (χ0v) is 17.7. The molecule has 1 aromatic heterocycles. The Labute approximate surface area is 184 Å². The van der Waals surface area contributed by atoms with Gasteiger partial charge in [-0.2, -0.15) is 0 Å². The van der Waals surface area contributed by atoms with Gasteiger partial charge in [-0.15, -0.1) is 11.8 Å². The average Bonchev–Trinajstić information content (AvgIpc) is 2.76. The number of amides is 3. The molecule has 3 amide bonds. The number of pyridine rings is 1. The van der Waals surface area contributed by atoms with Gasteiger partial charge >= 0.3 is 0 Å². The van der Waals surface area contributed by atoms with Crippen LogP contribution in [-0.2, 0) is 9.59 Å². The van der Waals surface area contributed by atoms with Gasteiger partial charge in [0.2, 0.25) is 11.8 Å². The molecule has 3 aromatic rings. The molecular weight excluding hydrogens is 412 g/mol. The fraction of sp³-hybridized carbons (Fsp3) is 0.130. The Morgan fingerprint density at radius 3 is 2.00 bits per heavy atom. The van der Waals surface area contributed by atoms with Gasteiger partial charge in [0, 0.05) is 35.0 Å². The molecule has 0 unspecified atom stereocenters. The van der Waals surface area contributed by atoms with E-state index in [1.165, 1.54) is 11.8 Å². The van der Waals surface area contributed by atoms with Crippen LogP contribution in [-0.4, -0.2) is 34.2 Å². The maximum Gasteiger partial charge on any atom is 0.255 e. The average molecular weight is 435 g/mol. The summed E-state index contributed by atoms with van der Waals surface area (Å²) >= 11 is 1.22. The van der Waals surface area contributed by atoms with E-state index in [4.69, 9.17) is 0 Å². The molecule has 0 saturated heterocycles. The third kappa shape index (κ3) is 7.27. The molecular formula is C23H22N4O3S. The van der Waals surface area contributed by atoms with Crippen LogP contribution in [0, 0.1) is 6.92 Å². The molecule has 0 saturated carbocycles. The van der Waals surface area contributed by atoms with E-state index >= 15 is 0 Å². The summed E-state index contributed by atoms with van der Waals surface area (Å²) in [5.74, 6) is -0.354. The van der Waals surface area contributed by atoms with Crippen LogP contribution in [0.15, 0.2) is 73.1 Å². The quantitative estimate of drug-likeness (QED) is 0.498. The van der Waals surface area contributed by atoms with E-state index in [1.807, 2.05) is 31.2 Å². The molecule has 0 aliphatic heterocycles. The van der Waals surface area contributed by atoms with Crippen molar-refractivity contribution in [3.63, 3.8) is 0 Å². The number of nitrogens with one attached hydrogen (secondary N) is 3. The topological polar surface area (TPSA) is 100 Å². The second-order valence-corrected chi connectivity index (χ2v) is 7.71. The van der Waals surface area contributed by atoms with Crippen LogP contribution < -0.4 is 16.0 Å². The van der Waals surface area contributed by atoms with E-state index in [9.17, 15) is 14.4 Å². The van der Waals surface area contributed by atoms with E-state index in [0.29, 0.717) is 16.9 Å². The lowest BCUT2D eigenvalue weighted by atomic mass is 10.2. The summed E-state index contributed by atoms with van der Waals surface area (Å²) in [4.78, 5) is 40.3. The number of hydrogen-bond acceptors (Lipinski definition) is 5. The first-order valence-corrected chi connectivity index (χ1v) is 10.7. The molecule has 0 spiro atoms. The number of rotatable bonds is 8. The minimum atomic E-state index is -0.263. The molecule has 0 atom stereocenters. The molecule has 1 heterocycles. The predicted octanol–water partition coefficient (Wildman–Crippen LogP) is 3.95. The van der Waals surface area contributed by atoms with Crippen molar-refractivity contribution in [1.82, 2.24) is 4.98 Å². The van der Waals surface area contributed by atoms with E-state index < -0.39 is 0 Å². The number of aryl methyl sites for hydroxylation is 1. The highest BCUT2D eigenvalue weighted by atomic mass is 32.2. The Morgan fingerprint density at radius 2 is 1.35 bits per heavy atom. The van der Waals surface area contributed by atoms with Crippen LogP contribution in [0.25, 0.3) is 0 Å². The summed E-state index contributed by atoms with van der Waals surface area (Å²) in [6.45, 7) is 1.98. The molecule has 0 radical (unpaired) electrons. The van der Waals surface area contributed by atoms with Gasteiger partial charge in [-0.1, -0.05) is 23.8 Å². The van der Waals surface area contributed by atoms with E-state index in [1.54, 1.807) is 48.8 Å². The smallest absolute Gasteiger partial charge is 0.255 e. The molecule has 0 fully saturated rings. The van der Waals surface area contributed by atoms with E-state index in [-0.39, 0.29) is 29.2 Å².